The molecule has 5 N–H and O–H groups in total. The molecule has 37 heavy (non-hydrogen) atoms. The molecule has 0 radical (unpaired) electrons. The molecule has 9 heteroatoms. The Labute approximate surface area is 214 Å². The maximum Gasteiger partial charge on any atom is 0.304 e. The maximum absolute atomic E-state index is 15.2. The number of aliphatic carboxylic acids is 1. The van der Waals surface area contributed by atoms with Gasteiger partial charge in [0.05, 0.1) is 19.1 Å². The fraction of sp³-hybridized carbons (Fsp3) is 0.321. The molecule has 0 bridgehead atoms. The summed E-state index contributed by atoms with van der Waals surface area (Å²) in [5.41, 5.74) is 16.3. The van der Waals surface area contributed by atoms with Gasteiger partial charge in [-0.3, -0.25) is 4.79 Å². The van der Waals surface area contributed by atoms with E-state index in [4.69, 9.17) is 15.6 Å². The minimum absolute atomic E-state index is 0.000140. The predicted molar refractivity (Wildman–Crippen MR) is 141 cm³/mol. The summed E-state index contributed by atoms with van der Waals surface area (Å²) >= 11 is 0. The van der Waals surface area contributed by atoms with Crippen LogP contribution in [0.5, 0.6) is 5.75 Å². The molecule has 1 aliphatic carbocycles. The Morgan fingerprint density at radius 1 is 1.27 bits per heavy atom. The van der Waals surface area contributed by atoms with Crippen molar-refractivity contribution < 1.29 is 19.0 Å². The van der Waals surface area contributed by atoms with Crippen molar-refractivity contribution in [2.24, 2.45) is 10.8 Å². The third-order valence-corrected chi connectivity index (χ3v) is 7.18. The van der Waals surface area contributed by atoms with Crippen LogP contribution in [-0.4, -0.2) is 35.5 Å². The number of amidine groups is 1. The number of carbonyl (C=O) groups is 1. The van der Waals surface area contributed by atoms with Crippen LogP contribution in [0.15, 0.2) is 41.6 Å². The Kier molecular flexibility index (Phi) is 6.45. The first-order chi connectivity index (χ1) is 17.8. The van der Waals surface area contributed by atoms with Crippen LogP contribution in [0.1, 0.15) is 58.2 Å². The molecule has 3 aromatic rings. The summed E-state index contributed by atoms with van der Waals surface area (Å²) < 4.78 is 20.9. The largest absolute Gasteiger partial charge is 0.492 e. The lowest BCUT2D eigenvalue weighted by molar-refractivity contribution is -0.137. The summed E-state index contributed by atoms with van der Waals surface area (Å²) in [6.45, 7) is 4.39. The third-order valence-electron chi connectivity index (χ3n) is 7.18. The Balaban J connectivity index is 1.45. The van der Waals surface area contributed by atoms with Crippen molar-refractivity contribution in [3.8, 4) is 16.9 Å². The van der Waals surface area contributed by atoms with Gasteiger partial charge in [-0.1, -0.05) is 6.07 Å². The van der Waals surface area contributed by atoms with E-state index in [1.165, 1.54) is 6.07 Å². The molecule has 2 heterocycles. The van der Waals surface area contributed by atoms with Gasteiger partial charge < -0.3 is 26.3 Å². The number of nitrogens with zero attached hydrogens (tertiary/aromatic N) is 2. The molecule has 8 nitrogen and oxygen atoms in total. The van der Waals surface area contributed by atoms with Crippen LogP contribution in [0.4, 0.5) is 10.2 Å². The van der Waals surface area contributed by atoms with Gasteiger partial charge in [-0.2, -0.15) is 5.10 Å². The summed E-state index contributed by atoms with van der Waals surface area (Å²) in [6, 6.07) is 8.95. The fourth-order valence-electron chi connectivity index (χ4n) is 5.61. The van der Waals surface area contributed by atoms with E-state index in [0.29, 0.717) is 29.6 Å². The van der Waals surface area contributed by atoms with Crippen molar-refractivity contribution in [2.75, 3.05) is 19.0 Å². The van der Waals surface area contributed by atoms with Crippen LogP contribution in [0.25, 0.3) is 11.1 Å². The molecule has 2 aliphatic rings. The molecule has 2 atom stereocenters. The number of carboxylic acids is 1. The zero-order valence-electron chi connectivity index (χ0n) is 21.1. The highest BCUT2D eigenvalue weighted by molar-refractivity contribution is 5.98. The van der Waals surface area contributed by atoms with E-state index in [2.05, 4.69) is 20.8 Å². The molecular weight excluding hydrogens is 473 g/mol. The zero-order valence-corrected chi connectivity index (χ0v) is 21.1. The van der Waals surface area contributed by atoms with Crippen LogP contribution >= 0.6 is 0 Å². The van der Waals surface area contributed by atoms with E-state index in [9.17, 15) is 4.79 Å². The number of hydrogen-bond acceptors (Lipinski definition) is 6. The lowest BCUT2D eigenvalue weighted by atomic mass is 9.89. The number of halogens is 1. The van der Waals surface area contributed by atoms with E-state index >= 15 is 4.39 Å². The molecule has 2 aromatic carbocycles. The number of hydrazone groups is 1. The molecule has 0 amide bonds. The van der Waals surface area contributed by atoms with Gasteiger partial charge >= 0.3 is 5.97 Å². The second kappa shape index (κ2) is 9.72. The number of nitrogens with two attached hydrogens (primary N) is 1. The van der Waals surface area contributed by atoms with Gasteiger partial charge in [-0.25, -0.2) is 9.37 Å². The third kappa shape index (κ3) is 4.57. The number of ether oxygens (including phenoxy) is 1. The number of aryl methyl sites for hydroxylation is 2. The van der Waals surface area contributed by atoms with E-state index in [1.54, 1.807) is 19.3 Å². The zero-order chi connectivity index (χ0) is 26.3. The van der Waals surface area contributed by atoms with Crippen LogP contribution in [0.2, 0.25) is 0 Å². The number of benzene rings is 2. The predicted octanol–water partition coefficient (Wildman–Crippen LogP) is 4.39. The van der Waals surface area contributed by atoms with Crippen molar-refractivity contribution in [1.29, 1.82) is 0 Å². The fourth-order valence-corrected chi connectivity index (χ4v) is 5.61. The molecule has 0 saturated carbocycles. The highest BCUT2D eigenvalue weighted by atomic mass is 19.1. The summed E-state index contributed by atoms with van der Waals surface area (Å²) in [4.78, 5) is 15.6. The minimum atomic E-state index is -0.868. The SMILES string of the molecule is CN/N=C(\N)c1cc(C)c(-c2ccc(F)c3c2CC[C@H]3Nc2cc3c(cn2)C(CC(=O)O)CO3)c(C)c1. The van der Waals surface area contributed by atoms with E-state index in [-0.39, 0.29) is 24.2 Å². The van der Waals surface area contributed by atoms with Gasteiger partial charge in [0.25, 0.3) is 0 Å². The molecular formula is C28H30FN5O3. The topological polar surface area (TPSA) is 122 Å². The average Bonchev–Trinajstić information content (AvgIpc) is 3.44. The molecule has 0 spiro atoms. The summed E-state index contributed by atoms with van der Waals surface area (Å²) in [6.07, 6.45) is 3.12. The second-order valence-electron chi connectivity index (χ2n) is 9.64. The summed E-state index contributed by atoms with van der Waals surface area (Å²) in [5, 5.41) is 16.6. The van der Waals surface area contributed by atoms with Crippen molar-refractivity contribution in [1.82, 2.24) is 10.4 Å². The number of fused-ring (bicyclic) bond motifs is 2. The average molecular weight is 504 g/mol. The summed E-state index contributed by atoms with van der Waals surface area (Å²) in [7, 11) is 1.70. The molecule has 1 unspecified atom stereocenters. The maximum atomic E-state index is 15.2. The van der Waals surface area contributed by atoms with Gasteiger partial charge in [0.1, 0.15) is 17.4 Å². The minimum Gasteiger partial charge on any atom is -0.492 e. The van der Waals surface area contributed by atoms with Crippen molar-refractivity contribution >= 4 is 17.6 Å². The van der Waals surface area contributed by atoms with Crippen molar-refractivity contribution in [3.05, 3.63) is 75.7 Å². The first-order valence-electron chi connectivity index (χ1n) is 12.3. The number of carboxylic acid groups (broad SMARTS) is 1. The van der Waals surface area contributed by atoms with Crippen LogP contribution in [-0.2, 0) is 11.2 Å². The van der Waals surface area contributed by atoms with Gasteiger partial charge in [0.15, 0.2) is 5.84 Å². The number of pyridine rings is 1. The number of nitrogens with one attached hydrogen (secondary N) is 2. The number of aromatic nitrogens is 1. The highest BCUT2D eigenvalue weighted by Gasteiger charge is 2.31. The smallest absolute Gasteiger partial charge is 0.304 e. The molecule has 1 aliphatic heterocycles. The summed E-state index contributed by atoms with van der Waals surface area (Å²) in [5.74, 6) is 0.294. The van der Waals surface area contributed by atoms with Crippen LogP contribution in [0.3, 0.4) is 0 Å². The van der Waals surface area contributed by atoms with Crippen LogP contribution in [0, 0.1) is 19.7 Å². The number of anilines is 1. The van der Waals surface area contributed by atoms with Crippen LogP contribution < -0.4 is 21.2 Å². The van der Waals surface area contributed by atoms with Crippen molar-refractivity contribution in [3.63, 3.8) is 0 Å². The number of rotatable bonds is 7. The molecule has 1 aromatic heterocycles. The van der Waals surface area contributed by atoms with Gasteiger partial charge in [-0.05, 0) is 72.7 Å². The Morgan fingerprint density at radius 2 is 2.03 bits per heavy atom. The normalized spacial score (nSPS) is 18.2. The van der Waals surface area contributed by atoms with Crippen molar-refractivity contribution in [2.45, 2.75) is 45.1 Å². The molecule has 0 saturated heterocycles. The first kappa shape index (κ1) is 24.5. The lowest BCUT2D eigenvalue weighted by Crippen LogP contribution is -2.17. The van der Waals surface area contributed by atoms with E-state index in [1.807, 2.05) is 32.0 Å². The monoisotopic (exact) mass is 503 g/mol. The van der Waals surface area contributed by atoms with Gasteiger partial charge in [0, 0.05) is 41.9 Å². The molecule has 192 valence electrons. The Morgan fingerprint density at radius 3 is 2.73 bits per heavy atom. The Bertz CT molecular complexity index is 1400. The van der Waals surface area contributed by atoms with Gasteiger partial charge in [-0.15, -0.1) is 0 Å². The first-order valence-corrected chi connectivity index (χ1v) is 12.3. The molecule has 0 fully saturated rings. The lowest BCUT2D eigenvalue weighted by Gasteiger charge is -2.19. The van der Waals surface area contributed by atoms with Gasteiger partial charge in [0.2, 0.25) is 0 Å². The Hall–Kier alpha value is -4.14. The number of hydrogen-bond donors (Lipinski definition) is 4. The standard InChI is InChI=1S/C28H30FN5O3/c1-14-8-16(28(30)34-31-3)9-15(2)26(14)18-4-6-21(29)27-19(18)5-7-22(27)33-24-11-23-20(12-32-24)17(13-37-23)10-25(35)36/h4,6,8-9,11-12,17,22,31H,5,7,10,13H2,1-3H3,(H2,30,34)(H,32,33)(H,35,36)/t17?,22-/m1/s1. The highest BCUT2D eigenvalue weighted by Crippen LogP contribution is 2.43. The second-order valence-corrected chi connectivity index (χ2v) is 9.64. The quantitative estimate of drug-likeness (QED) is 0.214. The molecule has 5 rings (SSSR count). The van der Waals surface area contributed by atoms with E-state index < -0.39 is 5.97 Å². The van der Waals surface area contributed by atoms with E-state index in [0.717, 1.165) is 51.8 Å².